The van der Waals surface area contributed by atoms with Gasteiger partial charge in [-0.15, -0.1) is 0 Å². The summed E-state index contributed by atoms with van der Waals surface area (Å²) in [6.07, 6.45) is 3.66. The SMILES string of the molecule is Cn1ccc2cc(-n3c(=O)[nH]c4cnc(-c5ccc(O)cc5)cc43)ccc21. The zero-order chi connectivity index (χ0) is 18.5. The number of hydrogen-bond donors (Lipinski definition) is 2. The molecule has 0 aliphatic carbocycles. The van der Waals surface area contributed by atoms with Crippen LogP contribution >= 0.6 is 0 Å². The molecule has 0 radical (unpaired) electrons. The molecular formula is C21H16N4O2. The van der Waals surface area contributed by atoms with Crippen LogP contribution in [0.15, 0.2) is 71.8 Å². The van der Waals surface area contributed by atoms with Crippen LogP contribution in [0.3, 0.4) is 0 Å². The Balaban J connectivity index is 1.73. The summed E-state index contributed by atoms with van der Waals surface area (Å²) in [4.78, 5) is 19.9. The summed E-state index contributed by atoms with van der Waals surface area (Å²) < 4.78 is 3.71. The number of hydrogen-bond acceptors (Lipinski definition) is 3. The van der Waals surface area contributed by atoms with Gasteiger partial charge in [-0.2, -0.15) is 0 Å². The van der Waals surface area contributed by atoms with Gasteiger partial charge in [0.2, 0.25) is 0 Å². The second-order valence-electron chi connectivity index (χ2n) is 6.57. The predicted octanol–water partition coefficient (Wildman–Crippen LogP) is 3.58. The van der Waals surface area contributed by atoms with Gasteiger partial charge in [-0.3, -0.25) is 9.55 Å². The van der Waals surface area contributed by atoms with Crippen LogP contribution in [-0.2, 0) is 7.05 Å². The van der Waals surface area contributed by atoms with Gasteiger partial charge in [-0.05, 0) is 54.6 Å². The minimum absolute atomic E-state index is 0.203. The number of nitrogens with zero attached hydrogens (tertiary/aromatic N) is 3. The van der Waals surface area contributed by atoms with E-state index in [1.807, 2.05) is 48.1 Å². The van der Waals surface area contributed by atoms with Crippen molar-refractivity contribution in [2.45, 2.75) is 0 Å². The molecule has 2 aromatic carbocycles. The Bertz CT molecular complexity index is 1360. The standard InChI is InChI=1S/C21H16N4O2/c1-24-9-8-14-10-15(4-7-19(14)24)25-20-11-17(13-2-5-16(26)6-3-13)22-12-18(20)23-21(25)27/h2-12,26H,1H3,(H,23,27). The van der Waals surface area contributed by atoms with Crippen molar-refractivity contribution in [1.82, 2.24) is 19.1 Å². The van der Waals surface area contributed by atoms with E-state index in [1.54, 1.807) is 35.0 Å². The molecule has 2 N–H and O–H groups in total. The van der Waals surface area contributed by atoms with Crippen molar-refractivity contribution in [3.8, 4) is 22.7 Å². The van der Waals surface area contributed by atoms with Gasteiger partial charge in [0.25, 0.3) is 0 Å². The highest BCUT2D eigenvalue weighted by molar-refractivity contribution is 5.85. The van der Waals surface area contributed by atoms with Gasteiger partial charge < -0.3 is 14.7 Å². The molecule has 0 spiro atoms. The van der Waals surface area contributed by atoms with E-state index in [9.17, 15) is 9.90 Å². The number of aromatic hydroxyl groups is 1. The molecule has 0 unspecified atom stereocenters. The normalized spacial score (nSPS) is 11.4. The lowest BCUT2D eigenvalue weighted by Crippen LogP contribution is -2.14. The van der Waals surface area contributed by atoms with Crippen LogP contribution in [0.1, 0.15) is 0 Å². The van der Waals surface area contributed by atoms with Crippen LogP contribution in [0.5, 0.6) is 5.75 Å². The van der Waals surface area contributed by atoms with Crippen molar-refractivity contribution in [3.05, 3.63) is 77.5 Å². The third-order valence-electron chi connectivity index (χ3n) is 4.86. The topological polar surface area (TPSA) is 75.8 Å². The zero-order valence-corrected chi connectivity index (χ0v) is 14.5. The maximum absolute atomic E-state index is 12.6. The monoisotopic (exact) mass is 356 g/mol. The molecule has 0 bridgehead atoms. The third-order valence-corrected chi connectivity index (χ3v) is 4.86. The summed E-state index contributed by atoms with van der Waals surface area (Å²) in [6, 6.07) is 16.7. The number of aromatic nitrogens is 4. The van der Waals surface area contributed by atoms with Crippen molar-refractivity contribution in [2.24, 2.45) is 7.05 Å². The summed E-state index contributed by atoms with van der Waals surface area (Å²) in [6.45, 7) is 0. The molecule has 0 saturated carbocycles. The van der Waals surface area contributed by atoms with E-state index in [4.69, 9.17) is 0 Å². The highest BCUT2D eigenvalue weighted by Gasteiger charge is 2.12. The van der Waals surface area contributed by atoms with Crippen molar-refractivity contribution >= 4 is 21.9 Å². The van der Waals surface area contributed by atoms with Gasteiger partial charge >= 0.3 is 5.69 Å². The lowest BCUT2D eigenvalue weighted by atomic mass is 10.1. The summed E-state index contributed by atoms with van der Waals surface area (Å²) in [5.41, 5.74) is 4.74. The molecule has 6 nitrogen and oxygen atoms in total. The van der Waals surface area contributed by atoms with E-state index >= 15 is 0 Å². The molecule has 0 saturated heterocycles. The number of nitrogens with one attached hydrogen (secondary N) is 1. The Labute approximate surface area is 154 Å². The predicted molar refractivity (Wildman–Crippen MR) is 105 cm³/mol. The Morgan fingerprint density at radius 1 is 1.00 bits per heavy atom. The molecular weight excluding hydrogens is 340 g/mol. The molecule has 0 aliphatic rings. The molecule has 0 fully saturated rings. The first kappa shape index (κ1) is 15.5. The number of aromatic amines is 1. The second-order valence-corrected chi connectivity index (χ2v) is 6.57. The molecule has 0 amide bonds. The molecule has 6 heteroatoms. The number of rotatable bonds is 2. The molecule has 132 valence electrons. The average Bonchev–Trinajstić information content (AvgIpc) is 3.20. The fourth-order valence-corrected chi connectivity index (χ4v) is 3.46. The molecule has 5 aromatic rings. The molecule has 0 aliphatic heterocycles. The number of aryl methyl sites for hydroxylation is 1. The molecule has 3 heterocycles. The first-order chi connectivity index (χ1) is 13.1. The number of fused-ring (bicyclic) bond motifs is 2. The summed E-state index contributed by atoms with van der Waals surface area (Å²) >= 11 is 0. The largest absolute Gasteiger partial charge is 0.508 e. The van der Waals surface area contributed by atoms with Crippen molar-refractivity contribution in [3.63, 3.8) is 0 Å². The van der Waals surface area contributed by atoms with E-state index in [-0.39, 0.29) is 11.4 Å². The van der Waals surface area contributed by atoms with Crippen molar-refractivity contribution in [2.75, 3.05) is 0 Å². The maximum Gasteiger partial charge on any atom is 0.331 e. The number of phenolic OH excluding ortho intramolecular Hbond substituents is 1. The van der Waals surface area contributed by atoms with Gasteiger partial charge in [0.05, 0.1) is 28.6 Å². The summed E-state index contributed by atoms with van der Waals surface area (Å²) in [7, 11) is 2.00. The van der Waals surface area contributed by atoms with E-state index in [0.29, 0.717) is 5.52 Å². The van der Waals surface area contributed by atoms with Crippen molar-refractivity contribution < 1.29 is 5.11 Å². The quantitative estimate of drug-likeness (QED) is 0.508. The highest BCUT2D eigenvalue weighted by Crippen LogP contribution is 2.25. The Morgan fingerprint density at radius 3 is 2.63 bits per heavy atom. The van der Waals surface area contributed by atoms with Crippen LogP contribution in [0.2, 0.25) is 0 Å². The number of phenols is 1. The third kappa shape index (κ3) is 2.42. The van der Waals surface area contributed by atoms with Crippen LogP contribution in [0.4, 0.5) is 0 Å². The highest BCUT2D eigenvalue weighted by atomic mass is 16.3. The Hall–Kier alpha value is -3.80. The van der Waals surface area contributed by atoms with Gasteiger partial charge in [0.15, 0.2) is 0 Å². The van der Waals surface area contributed by atoms with Crippen molar-refractivity contribution in [1.29, 1.82) is 0 Å². The van der Waals surface area contributed by atoms with Crippen LogP contribution in [0.25, 0.3) is 38.9 Å². The Morgan fingerprint density at radius 2 is 1.81 bits per heavy atom. The molecule has 3 aromatic heterocycles. The molecule has 0 atom stereocenters. The first-order valence-electron chi connectivity index (χ1n) is 8.56. The number of pyridine rings is 1. The van der Waals surface area contributed by atoms with Gasteiger partial charge in [-0.1, -0.05) is 0 Å². The summed E-state index contributed by atoms with van der Waals surface area (Å²) in [5.74, 6) is 0.203. The van der Waals surface area contributed by atoms with Gasteiger partial charge in [0.1, 0.15) is 5.75 Å². The lowest BCUT2D eigenvalue weighted by molar-refractivity contribution is 0.475. The van der Waals surface area contributed by atoms with Crippen LogP contribution in [0, 0.1) is 0 Å². The van der Waals surface area contributed by atoms with Gasteiger partial charge in [0, 0.05) is 29.7 Å². The maximum atomic E-state index is 12.6. The first-order valence-corrected chi connectivity index (χ1v) is 8.56. The minimum atomic E-state index is -0.204. The lowest BCUT2D eigenvalue weighted by Gasteiger charge is -2.06. The van der Waals surface area contributed by atoms with E-state index in [0.717, 1.165) is 33.4 Å². The van der Waals surface area contributed by atoms with E-state index in [1.165, 1.54) is 0 Å². The average molecular weight is 356 g/mol. The number of H-pyrrole nitrogens is 1. The zero-order valence-electron chi connectivity index (χ0n) is 14.5. The fraction of sp³-hybridized carbons (Fsp3) is 0.0476. The number of benzene rings is 2. The van der Waals surface area contributed by atoms with E-state index in [2.05, 4.69) is 9.97 Å². The fourth-order valence-electron chi connectivity index (χ4n) is 3.46. The van der Waals surface area contributed by atoms with Gasteiger partial charge in [-0.25, -0.2) is 4.79 Å². The smallest absolute Gasteiger partial charge is 0.331 e. The van der Waals surface area contributed by atoms with Crippen LogP contribution < -0.4 is 5.69 Å². The summed E-state index contributed by atoms with van der Waals surface area (Å²) in [5, 5.41) is 10.6. The molecule has 27 heavy (non-hydrogen) atoms. The van der Waals surface area contributed by atoms with E-state index < -0.39 is 0 Å². The minimum Gasteiger partial charge on any atom is -0.508 e. The number of imidazole rings is 1. The Kier molecular flexibility index (Phi) is 3.21. The molecule has 5 rings (SSSR count). The van der Waals surface area contributed by atoms with Crippen LogP contribution in [-0.4, -0.2) is 24.2 Å². The second kappa shape index (κ2) is 5.60.